The van der Waals surface area contributed by atoms with Crippen LogP contribution in [0.4, 0.5) is 16.1 Å². The molecule has 0 radical (unpaired) electrons. The molecule has 0 aliphatic carbocycles. The van der Waals surface area contributed by atoms with Crippen molar-refractivity contribution in [3.8, 4) is 11.3 Å². The third kappa shape index (κ3) is 3.86. The third-order valence-electron chi connectivity index (χ3n) is 3.30. The predicted octanol–water partition coefficient (Wildman–Crippen LogP) is 2.61. The number of oxazole rings is 1. The summed E-state index contributed by atoms with van der Waals surface area (Å²) in [6.45, 7) is 0.153. The summed E-state index contributed by atoms with van der Waals surface area (Å²) in [6.07, 6.45) is 3.59. The molecule has 1 amide bonds. The van der Waals surface area contributed by atoms with Crippen LogP contribution in [0.2, 0.25) is 0 Å². The fourth-order valence-electron chi connectivity index (χ4n) is 2.09. The molecule has 2 aromatic heterocycles. The molecule has 0 aliphatic heterocycles. The lowest BCUT2D eigenvalue weighted by molar-refractivity contribution is -0.385. The standard InChI is InChI=1S/C15H12FN5O4/c16-12-4-2-1-3-11(12)13-9-25-15(18-13)19-14(22)5-6-20-8-10(7-17-20)21(23)24/h1-4,7-9H,5-6H2,(H,18,19,22). The summed E-state index contributed by atoms with van der Waals surface area (Å²) >= 11 is 0. The Labute approximate surface area is 140 Å². The molecule has 0 bridgehead atoms. The van der Waals surface area contributed by atoms with Crippen LogP contribution in [-0.2, 0) is 11.3 Å². The second kappa shape index (κ2) is 6.91. The van der Waals surface area contributed by atoms with Crippen LogP contribution < -0.4 is 5.32 Å². The van der Waals surface area contributed by atoms with E-state index in [1.54, 1.807) is 18.2 Å². The lowest BCUT2D eigenvalue weighted by Crippen LogP contribution is -2.14. The molecular weight excluding hydrogens is 333 g/mol. The van der Waals surface area contributed by atoms with Gasteiger partial charge in [-0.25, -0.2) is 4.39 Å². The monoisotopic (exact) mass is 345 g/mol. The van der Waals surface area contributed by atoms with E-state index in [1.807, 2.05) is 0 Å². The Hall–Kier alpha value is -3.56. The maximum Gasteiger partial charge on any atom is 0.306 e. The molecule has 25 heavy (non-hydrogen) atoms. The summed E-state index contributed by atoms with van der Waals surface area (Å²) in [4.78, 5) is 25.9. The molecule has 0 aliphatic rings. The van der Waals surface area contributed by atoms with Gasteiger partial charge in [-0.3, -0.25) is 24.9 Å². The number of hydrogen-bond donors (Lipinski definition) is 1. The van der Waals surface area contributed by atoms with Crippen LogP contribution in [-0.4, -0.2) is 25.6 Å². The lowest BCUT2D eigenvalue weighted by Gasteiger charge is -2.01. The second-order valence-electron chi connectivity index (χ2n) is 5.03. The van der Waals surface area contributed by atoms with E-state index in [0.29, 0.717) is 0 Å². The molecule has 0 unspecified atom stereocenters. The molecule has 9 nitrogen and oxygen atoms in total. The number of carbonyl (C=O) groups is 1. The average molecular weight is 345 g/mol. The third-order valence-corrected chi connectivity index (χ3v) is 3.30. The highest BCUT2D eigenvalue weighted by molar-refractivity contribution is 5.88. The molecule has 10 heteroatoms. The molecule has 3 aromatic rings. The molecule has 0 spiro atoms. The van der Waals surface area contributed by atoms with E-state index in [4.69, 9.17) is 4.42 Å². The van der Waals surface area contributed by atoms with Gasteiger partial charge in [-0.05, 0) is 12.1 Å². The molecule has 1 aromatic carbocycles. The van der Waals surface area contributed by atoms with Crippen molar-refractivity contribution in [3.63, 3.8) is 0 Å². The molecule has 128 valence electrons. The van der Waals surface area contributed by atoms with Crippen LogP contribution in [0.25, 0.3) is 11.3 Å². The summed E-state index contributed by atoms with van der Waals surface area (Å²) in [6, 6.07) is 6.00. The Balaban J connectivity index is 1.58. The van der Waals surface area contributed by atoms with Gasteiger partial charge >= 0.3 is 11.7 Å². The van der Waals surface area contributed by atoms with Gasteiger partial charge in [-0.15, -0.1) is 0 Å². The predicted molar refractivity (Wildman–Crippen MR) is 84.0 cm³/mol. The minimum Gasteiger partial charge on any atom is -0.431 e. The van der Waals surface area contributed by atoms with Gasteiger partial charge in [0.2, 0.25) is 5.91 Å². The van der Waals surface area contributed by atoms with Crippen molar-refractivity contribution < 1.29 is 18.5 Å². The Bertz CT molecular complexity index is 920. The summed E-state index contributed by atoms with van der Waals surface area (Å²) in [5, 5.41) is 16.8. The first-order valence-corrected chi connectivity index (χ1v) is 7.20. The van der Waals surface area contributed by atoms with E-state index >= 15 is 0 Å². The maximum absolute atomic E-state index is 13.7. The average Bonchev–Trinajstić information content (AvgIpc) is 3.23. The van der Waals surface area contributed by atoms with Gasteiger partial charge in [0.05, 0.1) is 4.92 Å². The largest absolute Gasteiger partial charge is 0.431 e. The van der Waals surface area contributed by atoms with Crippen molar-refractivity contribution in [1.82, 2.24) is 14.8 Å². The van der Waals surface area contributed by atoms with Crippen molar-refractivity contribution in [1.29, 1.82) is 0 Å². The van der Waals surface area contributed by atoms with Crippen molar-refractivity contribution in [2.75, 3.05) is 5.32 Å². The van der Waals surface area contributed by atoms with Crippen molar-refractivity contribution in [2.24, 2.45) is 0 Å². The fourth-order valence-corrected chi connectivity index (χ4v) is 2.09. The zero-order valence-electron chi connectivity index (χ0n) is 12.8. The molecule has 1 N–H and O–H groups in total. The number of benzene rings is 1. The topological polar surface area (TPSA) is 116 Å². The van der Waals surface area contributed by atoms with Gasteiger partial charge in [0.25, 0.3) is 0 Å². The number of nitrogens with zero attached hydrogens (tertiary/aromatic N) is 4. The van der Waals surface area contributed by atoms with E-state index in [0.717, 1.165) is 6.20 Å². The number of amides is 1. The molecule has 0 saturated carbocycles. The first-order chi connectivity index (χ1) is 12.0. The molecular formula is C15H12FN5O4. The van der Waals surface area contributed by atoms with Gasteiger partial charge in [0.15, 0.2) is 0 Å². The molecule has 0 atom stereocenters. The minimum absolute atomic E-state index is 0.0102. The molecule has 0 fully saturated rings. The number of hydrogen-bond acceptors (Lipinski definition) is 6. The quantitative estimate of drug-likeness (QED) is 0.542. The fraction of sp³-hybridized carbons (Fsp3) is 0.133. The number of aromatic nitrogens is 3. The van der Waals surface area contributed by atoms with Crippen LogP contribution in [0.3, 0.4) is 0 Å². The lowest BCUT2D eigenvalue weighted by atomic mass is 10.1. The highest BCUT2D eigenvalue weighted by atomic mass is 19.1. The zero-order chi connectivity index (χ0) is 17.8. The van der Waals surface area contributed by atoms with Gasteiger partial charge in [-0.2, -0.15) is 10.1 Å². The van der Waals surface area contributed by atoms with Crippen LogP contribution in [0.15, 0.2) is 47.3 Å². The first kappa shape index (κ1) is 16.3. The van der Waals surface area contributed by atoms with E-state index in [2.05, 4.69) is 15.4 Å². The zero-order valence-corrected chi connectivity index (χ0v) is 12.8. The second-order valence-corrected chi connectivity index (χ2v) is 5.03. The number of halogens is 1. The van der Waals surface area contributed by atoms with Crippen LogP contribution in [0.1, 0.15) is 6.42 Å². The Morgan fingerprint density at radius 2 is 2.20 bits per heavy atom. The smallest absolute Gasteiger partial charge is 0.306 e. The Kier molecular flexibility index (Phi) is 4.50. The van der Waals surface area contributed by atoms with E-state index in [1.165, 1.54) is 23.2 Å². The highest BCUT2D eigenvalue weighted by Gasteiger charge is 2.13. The van der Waals surface area contributed by atoms with Crippen LogP contribution >= 0.6 is 0 Å². The number of aryl methyl sites for hydroxylation is 1. The van der Waals surface area contributed by atoms with Gasteiger partial charge in [-0.1, -0.05) is 12.1 Å². The van der Waals surface area contributed by atoms with Gasteiger partial charge in [0.1, 0.15) is 30.2 Å². The summed E-state index contributed by atoms with van der Waals surface area (Å²) in [7, 11) is 0. The van der Waals surface area contributed by atoms with Crippen molar-refractivity contribution >= 4 is 17.6 Å². The summed E-state index contributed by atoms with van der Waals surface area (Å²) in [5.74, 6) is -0.867. The van der Waals surface area contributed by atoms with Crippen molar-refractivity contribution in [2.45, 2.75) is 13.0 Å². The normalized spacial score (nSPS) is 10.6. The SMILES string of the molecule is O=C(CCn1cc([N+](=O)[O-])cn1)Nc1nc(-c2ccccc2F)co1. The Morgan fingerprint density at radius 3 is 2.92 bits per heavy atom. The van der Waals surface area contributed by atoms with Gasteiger partial charge < -0.3 is 4.42 Å². The number of nitrogens with one attached hydrogen (secondary N) is 1. The Morgan fingerprint density at radius 1 is 1.40 bits per heavy atom. The van der Waals surface area contributed by atoms with Gasteiger partial charge in [0, 0.05) is 18.5 Å². The molecule has 0 saturated heterocycles. The van der Waals surface area contributed by atoms with E-state index < -0.39 is 16.6 Å². The van der Waals surface area contributed by atoms with Crippen molar-refractivity contribution in [3.05, 3.63) is 58.9 Å². The van der Waals surface area contributed by atoms with E-state index in [9.17, 15) is 19.3 Å². The van der Waals surface area contributed by atoms with E-state index in [-0.39, 0.29) is 35.9 Å². The summed E-state index contributed by atoms with van der Waals surface area (Å²) < 4.78 is 20.1. The summed E-state index contributed by atoms with van der Waals surface area (Å²) in [5.41, 5.74) is 0.370. The maximum atomic E-state index is 13.7. The molecule has 3 rings (SSSR count). The first-order valence-electron chi connectivity index (χ1n) is 7.20. The number of anilines is 1. The van der Waals surface area contributed by atoms with Crippen LogP contribution in [0, 0.1) is 15.9 Å². The minimum atomic E-state index is -0.569. The van der Waals surface area contributed by atoms with Crippen LogP contribution in [0.5, 0.6) is 0 Å². The number of rotatable bonds is 6. The number of carbonyl (C=O) groups excluding carboxylic acids is 1. The molecule has 2 heterocycles. The highest BCUT2D eigenvalue weighted by Crippen LogP contribution is 2.23. The number of nitro groups is 1.